The van der Waals surface area contributed by atoms with E-state index in [1.165, 1.54) is 0 Å². The van der Waals surface area contributed by atoms with Gasteiger partial charge in [0.25, 0.3) is 0 Å². The summed E-state index contributed by atoms with van der Waals surface area (Å²) in [5.41, 5.74) is 0. The predicted molar refractivity (Wildman–Crippen MR) is 92.8 cm³/mol. The van der Waals surface area contributed by atoms with E-state index >= 15 is 0 Å². The molecule has 0 rings (SSSR count). The summed E-state index contributed by atoms with van der Waals surface area (Å²) in [5, 5.41) is 1.30. The van der Waals surface area contributed by atoms with Crippen molar-refractivity contribution in [1.29, 1.82) is 0 Å². The molecule has 0 aromatic carbocycles. The van der Waals surface area contributed by atoms with Crippen LogP contribution in [0.3, 0.4) is 0 Å². The fourth-order valence-electron chi connectivity index (χ4n) is 1.73. The van der Waals surface area contributed by atoms with Crippen molar-refractivity contribution in [3.05, 3.63) is 10.4 Å². The highest BCUT2D eigenvalue weighted by Crippen LogP contribution is 2.47. The van der Waals surface area contributed by atoms with Crippen LogP contribution in [0.25, 0.3) is 0 Å². The van der Waals surface area contributed by atoms with Gasteiger partial charge in [-0.1, -0.05) is 67.7 Å². The van der Waals surface area contributed by atoms with Gasteiger partial charge in [0.1, 0.15) is 28.0 Å². The number of allylic oxidation sites excluding steroid dienone is 2. The minimum atomic E-state index is -2.08. The van der Waals surface area contributed by atoms with Crippen LogP contribution in [0.5, 0.6) is 0 Å². The molecule has 0 aliphatic heterocycles. The van der Waals surface area contributed by atoms with Crippen LogP contribution in [0.4, 0.5) is 0 Å². The van der Waals surface area contributed by atoms with Crippen LogP contribution in [0, 0.1) is 0 Å². The summed E-state index contributed by atoms with van der Waals surface area (Å²) in [6.45, 7) is 21.5. The first-order valence-electron chi connectivity index (χ1n) is 7.16. The first kappa shape index (κ1) is 19.3. The van der Waals surface area contributed by atoms with Gasteiger partial charge in [0.05, 0.1) is 0 Å². The monoisotopic (exact) mass is 310 g/mol. The molecule has 0 atom stereocenters. The SMILES string of the molecule is CC(C)(C)[Si](C)(C)C(=C=O)C(=C=O)[Si](C)(C)C(C)(C)C. The lowest BCUT2D eigenvalue weighted by Gasteiger charge is -2.43. The molecule has 0 aromatic heterocycles. The second-order valence-corrected chi connectivity index (χ2v) is 19.2. The van der Waals surface area contributed by atoms with E-state index in [-0.39, 0.29) is 10.1 Å². The van der Waals surface area contributed by atoms with Crippen LogP contribution in [-0.4, -0.2) is 28.0 Å². The number of carbonyl (C=O) groups excluding carboxylic acids is 2. The molecule has 0 aliphatic carbocycles. The Labute approximate surface area is 126 Å². The second-order valence-electron chi connectivity index (χ2n) is 8.70. The lowest BCUT2D eigenvalue weighted by molar-refractivity contribution is 0.565. The lowest BCUT2D eigenvalue weighted by Crippen LogP contribution is -2.48. The van der Waals surface area contributed by atoms with Crippen LogP contribution < -0.4 is 0 Å². The van der Waals surface area contributed by atoms with Gasteiger partial charge in [0, 0.05) is 10.4 Å². The lowest BCUT2D eigenvalue weighted by atomic mass is 10.2. The van der Waals surface area contributed by atoms with Gasteiger partial charge < -0.3 is 0 Å². The largest absolute Gasteiger partial charge is 0.234 e. The van der Waals surface area contributed by atoms with Gasteiger partial charge in [-0.3, -0.25) is 0 Å². The van der Waals surface area contributed by atoms with Crippen molar-refractivity contribution in [2.45, 2.75) is 77.8 Å². The molecule has 2 nitrogen and oxygen atoms in total. The highest BCUT2D eigenvalue weighted by molar-refractivity contribution is 6.97. The van der Waals surface area contributed by atoms with Gasteiger partial charge >= 0.3 is 0 Å². The third kappa shape index (κ3) is 3.32. The minimum Gasteiger partial charge on any atom is -0.234 e. The fraction of sp³-hybridized carbons (Fsp3) is 0.750. The molecule has 0 radical (unpaired) electrons. The van der Waals surface area contributed by atoms with Crippen molar-refractivity contribution in [2.24, 2.45) is 0 Å². The van der Waals surface area contributed by atoms with Crippen LogP contribution in [0.2, 0.25) is 36.3 Å². The molecule has 20 heavy (non-hydrogen) atoms. The maximum absolute atomic E-state index is 11.7. The predicted octanol–water partition coefficient (Wildman–Crippen LogP) is 4.60. The second kappa shape index (κ2) is 5.61. The average Bonchev–Trinajstić information content (AvgIpc) is 2.21. The van der Waals surface area contributed by atoms with E-state index in [1.54, 1.807) is 0 Å². The molecular weight excluding hydrogens is 280 g/mol. The number of hydrogen-bond donors (Lipinski definition) is 0. The standard InChI is InChI=1S/C16H30O2Si2/c1-15(2,3)19(7,8)13(11-17)14(12-18)20(9,10)16(4,5)6/h1-10H3. The van der Waals surface area contributed by atoms with Crippen molar-refractivity contribution in [3.8, 4) is 0 Å². The highest BCUT2D eigenvalue weighted by atomic mass is 28.3. The maximum Gasteiger partial charge on any atom is 0.123 e. The van der Waals surface area contributed by atoms with Crippen LogP contribution >= 0.6 is 0 Å². The van der Waals surface area contributed by atoms with Crippen molar-refractivity contribution in [3.63, 3.8) is 0 Å². The first-order valence-corrected chi connectivity index (χ1v) is 13.2. The molecule has 0 saturated heterocycles. The normalized spacial score (nSPS) is 13.5. The molecule has 0 aromatic rings. The maximum atomic E-state index is 11.7. The van der Waals surface area contributed by atoms with E-state index in [0.717, 1.165) is 0 Å². The summed E-state index contributed by atoms with van der Waals surface area (Å²) in [6.07, 6.45) is 0. The minimum absolute atomic E-state index is 0.00417. The zero-order valence-electron chi connectivity index (χ0n) is 14.8. The Morgan fingerprint density at radius 3 is 0.950 bits per heavy atom. The van der Waals surface area contributed by atoms with Gasteiger partial charge in [-0.2, -0.15) is 0 Å². The van der Waals surface area contributed by atoms with Crippen LogP contribution in [0.15, 0.2) is 10.4 Å². The molecule has 4 heteroatoms. The molecule has 0 aliphatic rings. The summed E-state index contributed by atoms with van der Waals surface area (Å²) in [4.78, 5) is 23.3. The van der Waals surface area contributed by atoms with Crippen molar-refractivity contribution in [1.82, 2.24) is 0 Å². The Morgan fingerprint density at radius 1 is 0.650 bits per heavy atom. The number of hydrogen-bond acceptors (Lipinski definition) is 2. The topological polar surface area (TPSA) is 34.1 Å². The van der Waals surface area contributed by atoms with E-state index in [1.807, 2.05) is 0 Å². The van der Waals surface area contributed by atoms with Gasteiger partial charge in [0.15, 0.2) is 0 Å². The van der Waals surface area contributed by atoms with Crippen LogP contribution in [-0.2, 0) is 9.59 Å². The van der Waals surface area contributed by atoms with E-state index in [2.05, 4.69) is 79.6 Å². The zero-order valence-corrected chi connectivity index (χ0v) is 16.8. The molecular formula is C16H30O2Si2. The first-order chi connectivity index (χ1) is 8.64. The van der Waals surface area contributed by atoms with E-state index < -0.39 is 16.1 Å². The smallest absolute Gasteiger partial charge is 0.123 e. The summed E-state index contributed by atoms with van der Waals surface area (Å²) >= 11 is 0. The van der Waals surface area contributed by atoms with Crippen molar-refractivity contribution < 1.29 is 9.59 Å². The molecule has 0 unspecified atom stereocenters. The quantitative estimate of drug-likeness (QED) is 0.434. The van der Waals surface area contributed by atoms with Crippen molar-refractivity contribution in [2.75, 3.05) is 0 Å². The summed E-state index contributed by atoms with van der Waals surface area (Å²) in [6, 6.07) is 0. The molecule has 0 heterocycles. The van der Waals surface area contributed by atoms with Gasteiger partial charge in [0.2, 0.25) is 0 Å². The van der Waals surface area contributed by atoms with E-state index in [9.17, 15) is 9.59 Å². The Bertz CT molecular complexity index is 430. The van der Waals surface area contributed by atoms with Gasteiger partial charge in [-0.25, -0.2) is 9.59 Å². The molecule has 0 saturated carbocycles. The van der Waals surface area contributed by atoms with E-state index in [0.29, 0.717) is 10.4 Å². The third-order valence-corrected chi connectivity index (χ3v) is 16.4. The zero-order chi connectivity index (χ0) is 16.6. The van der Waals surface area contributed by atoms with E-state index in [4.69, 9.17) is 0 Å². The Kier molecular flexibility index (Phi) is 5.42. The van der Waals surface area contributed by atoms with Crippen molar-refractivity contribution >= 4 is 28.0 Å². The Hall–Kier alpha value is -0.666. The van der Waals surface area contributed by atoms with Gasteiger partial charge in [-0.15, -0.1) is 0 Å². The third-order valence-electron chi connectivity index (χ3n) is 5.45. The number of rotatable bonds is 3. The molecule has 0 N–H and O–H groups in total. The Morgan fingerprint density at radius 2 is 0.850 bits per heavy atom. The molecule has 0 amide bonds. The fourth-order valence-corrected chi connectivity index (χ4v) is 6.97. The molecule has 114 valence electrons. The molecule has 0 fully saturated rings. The highest BCUT2D eigenvalue weighted by Gasteiger charge is 2.48. The molecule has 0 spiro atoms. The molecule has 0 bridgehead atoms. The summed E-state index contributed by atoms with van der Waals surface area (Å²) in [7, 11) is -4.16. The van der Waals surface area contributed by atoms with Gasteiger partial charge in [-0.05, 0) is 10.1 Å². The average molecular weight is 311 g/mol. The Balaban J connectivity index is 6.20. The summed E-state index contributed by atoms with van der Waals surface area (Å²) < 4.78 is 0. The van der Waals surface area contributed by atoms with Crippen LogP contribution in [0.1, 0.15) is 41.5 Å². The summed E-state index contributed by atoms with van der Waals surface area (Å²) in [5.74, 6) is 4.28.